The first-order chi connectivity index (χ1) is 10.1. The van der Waals surface area contributed by atoms with Gasteiger partial charge in [-0.3, -0.25) is 4.98 Å². The molecule has 1 aromatic heterocycles. The Bertz CT molecular complexity index is 601. The number of aromatic nitrogens is 1. The Morgan fingerprint density at radius 2 is 2.00 bits per heavy atom. The molecule has 1 atom stereocenters. The molecule has 3 nitrogen and oxygen atoms in total. The van der Waals surface area contributed by atoms with Crippen molar-refractivity contribution >= 4 is 15.9 Å². The van der Waals surface area contributed by atoms with Gasteiger partial charge in [0.1, 0.15) is 12.4 Å². The van der Waals surface area contributed by atoms with Gasteiger partial charge in [-0.1, -0.05) is 25.1 Å². The second-order valence-corrected chi connectivity index (χ2v) is 6.01. The van der Waals surface area contributed by atoms with Gasteiger partial charge in [0.15, 0.2) is 0 Å². The highest BCUT2D eigenvalue weighted by molar-refractivity contribution is 9.10. The average Bonchev–Trinajstić information content (AvgIpc) is 2.46. The molecule has 2 N–H and O–H groups in total. The summed E-state index contributed by atoms with van der Waals surface area (Å²) in [4.78, 5) is 4.46. The van der Waals surface area contributed by atoms with Crippen molar-refractivity contribution < 1.29 is 4.74 Å². The fraction of sp³-hybridized carbons (Fsp3) is 0.353. The fourth-order valence-electron chi connectivity index (χ4n) is 2.13. The minimum Gasteiger partial charge on any atom is -0.486 e. The summed E-state index contributed by atoms with van der Waals surface area (Å²) in [5, 5.41) is 0. The average molecular weight is 349 g/mol. The normalized spacial score (nSPS) is 12.2. The van der Waals surface area contributed by atoms with Crippen molar-refractivity contribution in [3.05, 3.63) is 57.8 Å². The molecule has 0 fully saturated rings. The summed E-state index contributed by atoms with van der Waals surface area (Å²) >= 11 is 3.56. The van der Waals surface area contributed by atoms with Gasteiger partial charge in [-0.15, -0.1) is 0 Å². The lowest BCUT2D eigenvalue weighted by Gasteiger charge is -2.15. The minimum absolute atomic E-state index is 0.152. The summed E-state index contributed by atoms with van der Waals surface area (Å²) in [6.45, 7) is 4.53. The third kappa shape index (κ3) is 4.55. The topological polar surface area (TPSA) is 48.1 Å². The van der Waals surface area contributed by atoms with E-state index in [9.17, 15) is 0 Å². The quantitative estimate of drug-likeness (QED) is 0.857. The first kappa shape index (κ1) is 16.0. The zero-order valence-electron chi connectivity index (χ0n) is 12.5. The Morgan fingerprint density at radius 1 is 1.24 bits per heavy atom. The molecule has 1 heterocycles. The van der Waals surface area contributed by atoms with E-state index in [2.05, 4.69) is 33.9 Å². The number of rotatable bonds is 6. The van der Waals surface area contributed by atoms with Crippen molar-refractivity contribution in [2.75, 3.05) is 0 Å². The predicted molar refractivity (Wildman–Crippen MR) is 89.4 cm³/mol. The molecule has 1 aromatic carbocycles. The van der Waals surface area contributed by atoms with Crippen LogP contribution in [0.3, 0.4) is 0 Å². The van der Waals surface area contributed by atoms with Crippen LogP contribution in [0.5, 0.6) is 5.75 Å². The van der Waals surface area contributed by atoms with Gasteiger partial charge in [0.05, 0.1) is 10.2 Å². The van der Waals surface area contributed by atoms with Gasteiger partial charge in [0, 0.05) is 11.7 Å². The summed E-state index contributed by atoms with van der Waals surface area (Å²) < 4.78 is 6.94. The summed E-state index contributed by atoms with van der Waals surface area (Å²) in [6, 6.07) is 12.2. The summed E-state index contributed by atoms with van der Waals surface area (Å²) in [7, 11) is 0. The van der Waals surface area contributed by atoms with E-state index in [1.807, 2.05) is 37.3 Å². The van der Waals surface area contributed by atoms with E-state index in [4.69, 9.17) is 10.5 Å². The number of nitrogens with two attached hydrogens (primary N) is 1. The van der Waals surface area contributed by atoms with E-state index in [0.717, 1.165) is 40.0 Å². The van der Waals surface area contributed by atoms with Crippen LogP contribution >= 0.6 is 15.9 Å². The van der Waals surface area contributed by atoms with E-state index in [1.54, 1.807) is 0 Å². The molecule has 0 bridgehead atoms. The number of benzene rings is 1. The van der Waals surface area contributed by atoms with E-state index in [-0.39, 0.29) is 6.04 Å². The van der Waals surface area contributed by atoms with Gasteiger partial charge < -0.3 is 10.5 Å². The Balaban J connectivity index is 2.15. The molecule has 0 aliphatic carbocycles. The maximum atomic E-state index is 6.07. The van der Waals surface area contributed by atoms with Crippen molar-refractivity contribution in [3.8, 4) is 5.75 Å². The van der Waals surface area contributed by atoms with E-state index in [1.165, 1.54) is 0 Å². The van der Waals surface area contributed by atoms with Gasteiger partial charge in [-0.05, 0) is 59.5 Å². The molecule has 0 aliphatic rings. The van der Waals surface area contributed by atoms with Gasteiger partial charge in [0.2, 0.25) is 0 Å². The lowest BCUT2D eigenvalue weighted by molar-refractivity contribution is 0.295. The molecule has 1 unspecified atom stereocenters. The largest absolute Gasteiger partial charge is 0.486 e. The van der Waals surface area contributed by atoms with Crippen LogP contribution in [0.1, 0.15) is 30.3 Å². The van der Waals surface area contributed by atoms with Crippen molar-refractivity contribution in [1.82, 2.24) is 4.98 Å². The lowest BCUT2D eigenvalue weighted by atomic mass is 10.0. The number of nitrogens with zero attached hydrogens (tertiary/aromatic N) is 1. The molecule has 0 saturated heterocycles. The van der Waals surface area contributed by atoms with Crippen LogP contribution in [0.15, 0.2) is 40.9 Å². The zero-order chi connectivity index (χ0) is 15.2. The van der Waals surface area contributed by atoms with Crippen LogP contribution < -0.4 is 10.5 Å². The first-order valence-electron chi connectivity index (χ1n) is 7.18. The Kier molecular flexibility index (Phi) is 5.76. The molecule has 0 saturated carbocycles. The lowest BCUT2D eigenvalue weighted by Crippen LogP contribution is -2.21. The number of hydrogen-bond acceptors (Lipinski definition) is 3. The summed E-state index contributed by atoms with van der Waals surface area (Å²) in [5.74, 6) is 0.865. The molecular formula is C17H21BrN2O. The highest BCUT2D eigenvalue weighted by atomic mass is 79.9. The van der Waals surface area contributed by atoms with Crippen LogP contribution in [0.2, 0.25) is 0 Å². The van der Waals surface area contributed by atoms with Crippen LogP contribution in [-0.4, -0.2) is 11.0 Å². The maximum absolute atomic E-state index is 6.07. The summed E-state index contributed by atoms with van der Waals surface area (Å²) in [5.41, 5.74) is 9.12. The van der Waals surface area contributed by atoms with Crippen molar-refractivity contribution in [1.29, 1.82) is 0 Å². The minimum atomic E-state index is 0.152. The van der Waals surface area contributed by atoms with Crippen LogP contribution in [0.25, 0.3) is 0 Å². The molecule has 112 valence electrons. The number of hydrogen-bond donors (Lipinski definition) is 1. The molecule has 2 rings (SSSR count). The molecule has 0 aliphatic heterocycles. The van der Waals surface area contributed by atoms with Crippen molar-refractivity contribution in [2.24, 2.45) is 5.73 Å². The highest BCUT2D eigenvalue weighted by Gasteiger charge is 2.11. The van der Waals surface area contributed by atoms with Gasteiger partial charge in [-0.2, -0.15) is 0 Å². The molecule has 0 amide bonds. The SMILES string of the molecule is CCC(N)Cc1cccc(Br)c1OCc1cccc(C)n1. The van der Waals surface area contributed by atoms with Crippen LogP contribution in [-0.2, 0) is 13.0 Å². The van der Waals surface area contributed by atoms with E-state index >= 15 is 0 Å². The molecule has 0 spiro atoms. The second kappa shape index (κ2) is 7.57. The standard InChI is InChI=1S/C17H21BrN2O/c1-3-14(19)10-13-7-5-9-16(18)17(13)21-11-15-8-4-6-12(2)20-15/h4-9,14H,3,10-11,19H2,1-2H3. The molecule has 0 radical (unpaired) electrons. The monoisotopic (exact) mass is 348 g/mol. The number of ether oxygens (including phenoxy) is 1. The van der Waals surface area contributed by atoms with E-state index in [0.29, 0.717) is 6.61 Å². The third-order valence-corrected chi connectivity index (χ3v) is 3.99. The molecule has 2 aromatic rings. The van der Waals surface area contributed by atoms with E-state index < -0.39 is 0 Å². The van der Waals surface area contributed by atoms with Crippen LogP contribution in [0, 0.1) is 6.92 Å². The second-order valence-electron chi connectivity index (χ2n) is 5.16. The predicted octanol–water partition coefficient (Wildman–Crippen LogP) is 4.01. The first-order valence-corrected chi connectivity index (χ1v) is 7.97. The molecule has 21 heavy (non-hydrogen) atoms. The van der Waals surface area contributed by atoms with Gasteiger partial charge >= 0.3 is 0 Å². The van der Waals surface area contributed by atoms with Crippen LogP contribution in [0.4, 0.5) is 0 Å². The number of aryl methyl sites for hydroxylation is 1. The number of para-hydroxylation sites is 1. The molecule has 4 heteroatoms. The zero-order valence-corrected chi connectivity index (χ0v) is 14.1. The number of halogens is 1. The Morgan fingerprint density at radius 3 is 2.71 bits per heavy atom. The highest BCUT2D eigenvalue weighted by Crippen LogP contribution is 2.30. The van der Waals surface area contributed by atoms with Gasteiger partial charge in [-0.25, -0.2) is 0 Å². The summed E-state index contributed by atoms with van der Waals surface area (Å²) in [6.07, 6.45) is 1.76. The smallest absolute Gasteiger partial charge is 0.137 e. The van der Waals surface area contributed by atoms with Gasteiger partial charge in [0.25, 0.3) is 0 Å². The third-order valence-electron chi connectivity index (χ3n) is 3.37. The Labute approximate surface area is 134 Å². The Hall–Kier alpha value is -1.39. The molecular weight excluding hydrogens is 328 g/mol. The maximum Gasteiger partial charge on any atom is 0.137 e. The van der Waals surface area contributed by atoms with Crippen molar-refractivity contribution in [2.45, 2.75) is 39.3 Å². The number of pyridine rings is 1. The fourth-order valence-corrected chi connectivity index (χ4v) is 2.65. The van der Waals surface area contributed by atoms with Crippen molar-refractivity contribution in [3.63, 3.8) is 0 Å².